The molecule has 1 aliphatic rings. The first kappa shape index (κ1) is 66.8. The first-order valence-corrected chi connectivity index (χ1v) is 29.2. The molecule has 26 nitrogen and oxygen atoms in total. The molecule has 5 N–H and O–H groups in total. The quantitative estimate of drug-likeness (QED) is 0.0310. The summed E-state index contributed by atoms with van der Waals surface area (Å²) in [6.07, 6.45) is -1.32. The van der Waals surface area contributed by atoms with Crippen LogP contribution in [0.25, 0.3) is 22.5 Å². The molecule has 1 aliphatic heterocycles. The van der Waals surface area contributed by atoms with Crippen LogP contribution in [-0.2, 0) is 75.1 Å². The minimum atomic E-state index is -4.00. The van der Waals surface area contributed by atoms with Crippen LogP contribution in [0.3, 0.4) is 0 Å². The number of rotatable bonds is 37. The van der Waals surface area contributed by atoms with E-state index >= 15 is 0 Å². The monoisotopic (exact) mass is 1200 g/mol. The minimum Gasteiger partial charge on any atom is -0.447 e. The first-order valence-electron chi connectivity index (χ1n) is 27.1. The highest BCUT2D eigenvalue weighted by atomic mass is 35.5. The Bertz CT molecular complexity index is 2830. The highest BCUT2D eigenvalue weighted by Gasteiger charge is 2.30. The van der Waals surface area contributed by atoms with Gasteiger partial charge in [-0.2, -0.15) is 0 Å². The number of amides is 6. The van der Waals surface area contributed by atoms with E-state index in [2.05, 4.69) is 36.9 Å². The van der Waals surface area contributed by atoms with Crippen LogP contribution in [0.5, 0.6) is 0 Å². The number of carbonyl (C=O) groups excluding carboxylic acids is 6. The summed E-state index contributed by atoms with van der Waals surface area (Å²) >= 11 is 6.29. The lowest BCUT2D eigenvalue weighted by Gasteiger charge is -2.29. The van der Waals surface area contributed by atoms with Crippen LogP contribution in [0.15, 0.2) is 71.6 Å². The lowest BCUT2D eigenvalue weighted by Crippen LogP contribution is -2.47. The molecule has 0 spiro atoms. The zero-order chi connectivity index (χ0) is 59.8. The van der Waals surface area contributed by atoms with Crippen molar-refractivity contribution < 1.29 is 79.8 Å². The van der Waals surface area contributed by atoms with Gasteiger partial charge >= 0.3 is 18.3 Å². The molecule has 83 heavy (non-hydrogen) atoms. The topological polar surface area (TPSA) is 314 Å². The number of aromatic nitrogens is 3. The van der Waals surface area contributed by atoms with Crippen molar-refractivity contribution in [3.63, 3.8) is 0 Å². The fourth-order valence-corrected chi connectivity index (χ4v) is 10.1. The van der Waals surface area contributed by atoms with E-state index in [9.17, 15) is 37.2 Å². The van der Waals surface area contributed by atoms with E-state index < -0.39 is 57.8 Å². The summed E-state index contributed by atoms with van der Waals surface area (Å²) in [5.74, 6) is -1.88. The molecule has 3 aromatic carbocycles. The molecule has 0 aliphatic carbocycles. The zero-order valence-electron chi connectivity index (χ0n) is 47.3. The number of nitrogens with zero attached hydrogens (tertiary/aromatic N) is 4. The Morgan fingerprint density at radius 2 is 1.35 bits per heavy atom. The van der Waals surface area contributed by atoms with Crippen LogP contribution < -0.4 is 31.5 Å². The molecule has 6 amide bonds. The van der Waals surface area contributed by atoms with Crippen molar-refractivity contribution in [3.05, 3.63) is 82.9 Å². The van der Waals surface area contributed by atoms with Gasteiger partial charge in [0.2, 0.25) is 11.8 Å². The van der Waals surface area contributed by atoms with Crippen molar-refractivity contribution in [2.24, 2.45) is 0 Å². The van der Waals surface area contributed by atoms with Gasteiger partial charge in [0.1, 0.15) is 31.1 Å². The molecule has 5 rings (SSSR count). The second-order valence-electron chi connectivity index (χ2n) is 18.5. The fourth-order valence-electron chi connectivity index (χ4n) is 8.43. The average Bonchev–Trinajstić information content (AvgIpc) is 2.71. The molecule has 2 heterocycles. The molecular weight excluding hydrogens is 1130 g/mol. The Morgan fingerprint density at radius 1 is 0.675 bits per heavy atom. The molecule has 4 aromatic rings. The molecule has 0 bridgehead atoms. The third-order valence-electron chi connectivity index (χ3n) is 12.6. The number of nitrogens with one attached hydrogen (secondary N) is 5. The van der Waals surface area contributed by atoms with E-state index in [4.69, 9.17) is 54.2 Å². The van der Waals surface area contributed by atoms with Gasteiger partial charge in [-0.1, -0.05) is 59.3 Å². The van der Waals surface area contributed by atoms with Gasteiger partial charge in [-0.15, -0.1) is 5.10 Å². The molecular formula is C55H76ClN9O17S. The highest BCUT2D eigenvalue weighted by molar-refractivity contribution is 7.91. The van der Waals surface area contributed by atoms with E-state index in [-0.39, 0.29) is 133 Å². The largest absolute Gasteiger partial charge is 0.447 e. The van der Waals surface area contributed by atoms with Crippen molar-refractivity contribution in [1.82, 2.24) is 41.6 Å². The van der Waals surface area contributed by atoms with E-state index in [0.29, 0.717) is 55.1 Å². The molecule has 0 fully saturated rings. The number of alkyl carbamates (subject to hydrolysis) is 3. The molecule has 456 valence electrons. The predicted molar refractivity (Wildman–Crippen MR) is 304 cm³/mol. The smallest absolute Gasteiger partial charge is 0.407 e. The molecule has 28 heteroatoms. The summed E-state index contributed by atoms with van der Waals surface area (Å²) in [6.45, 7) is 3.13. The van der Waals surface area contributed by atoms with E-state index in [0.717, 1.165) is 11.1 Å². The van der Waals surface area contributed by atoms with Gasteiger partial charge < -0.3 is 74.1 Å². The van der Waals surface area contributed by atoms with Crippen molar-refractivity contribution in [1.29, 1.82) is 0 Å². The highest BCUT2D eigenvalue weighted by Crippen LogP contribution is 2.41. The second kappa shape index (κ2) is 36.6. The lowest BCUT2D eigenvalue weighted by atomic mass is 9.95. The minimum absolute atomic E-state index is 0.0183. The maximum atomic E-state index is 14.3. The van der Waals surface area contributed by atoms with Crippen molar-refractivity contribution in [3.8, 4) is 22.5 Å². The SMILES string of the molecule is CNC(=O)OC(CCCOC)CS(=O)(=O)c1ccc(Cl)c(C(=O)NCCOCCOCCOCCn2nnc3c2-c2ccccc2N(C(=O)CCNC(=O)C(CCCCNC(=O)OCCOC)NC(=O)OCCOC)Cc2ccccc2-3)c1. The Balaban J connectivity index is 1.08. The second-order valence-corrected chi connectivity index (χ2v) is 21.0. The van der Waals surface area contributed by atoms with Gasteiger partial charge in [-0.25, -0.2) is 27.5 Å². The van der Waals surface area contributed by atoms with Crippen LogP contribution in [0, 0.1) is 0 Å². The van der Waals surface area contributed by atoms with Crippen LogP contribution in [0.4, 0.5) is 20.1 Å². The summed E-state index contributed by atoms with van der Waals surface area (Å²) in [7, 11) is 1.85. The fraction of sp³-hybridized carbons (Fsp3) is 0.527. The van der Waals surface area contributed by atoms with E-state index in [1.807, 2.05) is 48.5 Å². The van der Waals surface area contributed by atoms with Gasteiger partial charge in [-0.3, -0.25) is 14.4 Å². The van der Waals surface area contributed by atoms with Crippen molar-refractivity contribution in [2.75, 3.05) is 131 Å². The normalized spacial score (nSPS) is 12.5. The number of methoxy groups -OCH3 is 3. The maximum Gasteiger partial charge on any atom is 0.407 e. The number of hydrogen-bond acceptors (Lipinski definition) is 19. The third kappa shape index (κ3) is 22.3. The summed E-state index contributed by atoms with van der Waals surface area (Å²) in [4.78, 5) is 78.8. The van der Waals surface area contributed by atoms with Crippen LogP contribution >= 0.6 is 11.6 Å². The molecule has 2 atom stereocenters. The van der Waals surface area contributed by atoms with Gasteiger partial charge in [0.25, 0.3) is 5.91 Å². The maximum absolute atomic E-state index is 14.3. The Labute approximate surface area is 488 Å². The number of carbonyl (C=O) groups is 6. The van der Waals surface area contributed by atoms with Gasteiger partial charge in [0.15, 0.2) is 9.84 Å². The van der Waals surface area contributed by atoms with E-state index in [1.54, 1.807) is 9.58 Å². The van der Waals surface area contributed by atoms with Crippen LogP contribution in [0.2, 0.25) is 5.02 Å². The first-order chi connectivity index (χ1) is 40.2. The predicted octanol–water partition coefficient (Wildman–Crippen LogP) is 4.31. The number of sulfone groups is 1. The molecule has 1 aromatic heterocycles. The summed E-state index contributed by atoms with van der Waals surface area (Å²) in [5.41, 5.74) is 4.24. The third-order valence-corrected chi connectivity index (χ3v) is 14.7. The van der Waals surface area contributed by atoms with Crippen LogP contribution in [0.1, 0.15) is 54.4 Å². The molecule has 0 saturated carbocycles. The Kier molecular flexibility index (Phi) is 29.4. The average molecular weight is 1200 g/mol. The Morgan fingerprint density at radius 3 is 2.07 bits per heavy atom. The van der Waals surface area contributed by atoms with Gasteiger partial charge in [0, 0.05) is 72.2 Å². The van der Waals surface area contributed by atoms with Crippen molar-refractivity contribution in [2.45, 2.75) is 68.7 Å². The molecule has 2 unspecified atom stereocenters. The molecule has 0 saturated heterocycles. The zero-order valence-corrected chi connectivity index (χ0v) is 48.9. The summed E-state index contributed by atoms with van der Waals surface area (Å²) < 4.78 is 75.9. The van der Waals surface area contributed by atoms with E-state index in [1.165, 1.54) is 46.6 Å². The number of halogens is 1. The Hall–Kier alpha value is -6.98. The number of ether oxygens (including phenoxy) is 9. The summed E-state index contributed by atoms with van der Waals surface area (Å²) in [5, 5.41) is 22.2. The van der Waals surface area contributed by atoms with Gasteiger partial charge in [-0.05, 0) is 61.9 Å². The van der Waals surface area contributed by atoms with Gasteiger partial charge in [0.05, 0.1) is 98.6 Å². The van der Waals surface area contributed by atoms with Crippen LogP contribution in [-0.4, -0.2) is 198 Å². The number of hydrogen-bond donors (Lipinski definition) is 5. The number of para-hydroxylation sites is 1. The molecule has 0 radical (unpaired) electrons. The standard InChI is InChI=1S/C55H76ClN9O17S/c1-57-53(69)82-40(13-11-25-74-2)38-83(72,73)41-18-19-45(56)44(36-41)51(67)59-23-26-77-30-32-79-33-31-78-27-24-65-50-43-15-7-8-17-47(43)64(37-39-12-5-6-14-42(39)49(50)62-63-65)48(66)20-22-58-52(68)46(61-55(71)81-35-29-76-4)16-9-10-21-60-54(70)80-34-28-75-3/h5-8,12,14-15,17-19,36,40,46H,9-11,13,16,20-35,37-38H2,1-4H3,(H,57,69)(H,58,68)(H,59,67)(H,60,70)(H,61,71). The van der Waals surface area contributed by atoms with Crippen molar-refractivity contribution >= 4 is 63.1 Å². The number of anilines is 1. The number of unbranched alkanes of at least 4 members (excludes halogenated alkanes) is 1. The lowest BCUT2D eigenvalue weighted by molar-refractivity contribution is -0.123. The summed E-state index contributed by atoms with van der Waals surface area (Å²) in [6, 6.07) is 17.9. The number of benzene rings is 3. The number of fused-ring (bicyclic) bond motifs is 5.